The zero-order chi connectivity index (χ0) is 15.8. The molecule has 2 unspecified atom stereocenters. The van der Waals surface area contributed by atoms with Crippen molar-refractivity contribution in [2.24, 2.45) is 0 Å². The largest absolute Gasteiger partial charge is 0.398 e. The predicted molar refractivity (Wildman–Crippen MR) is 83.5 cm³/mol. The quantitative estimate of drug-likeness (QED) is 0.834. The second-order valence-corrected chi connectivity index (χ2v) is 7.89. The molecular formula is C15H24N2O3S. The maximum atomic E-state index is 12.8. The number of benzene rings is 1. The Bertz CT molecular complexity index is 605. The second kappa shape index (κ2) is 5.94. The van der Waals surface area contributed by atoms with Crippen LogP contribution < -0.4 is 5.73 Å². The number of nitrogens with zero attached hydrogens (tertiary/aromatic N) is 1. The number of hydrogen-bond acceptors (Lipinski definition) is 4. The minimum atomic E-state index is -3.64. The van der Waals surface area contributed by atoms with Gasteiger partial charge in [0, 0.05) is 12.7 Å². The van der Waals surface area contributed by atoms with Crippen LogP contribution in [0.5, 0.6) is 0 Å². The summed E-state index contributed by atoms with van der Waals surface area (Å²) in [6.07, 6.45) is 2.64. The maximum absolute atomic E-state index is 12.8. The highest BCUT2D eigenvalue weighted by Crippen LogP contribution is 2.29. The molecule has 1 fully saturated rings. The first-order valence-electron chi connectivity index (χ1n) is 7.28. The molecule has 6 heteroatoms. The van der Waals surface area contributed by atoms with Crippen molar-refractivity contribution in [2.75, 3.05) is 12.8 Å². The number of aliphatic hydroxyl groups is 1. The van der Waals surface area contributed by atoms with Gasteiger partial charge in [-0.15, -0.1) is 0 Å². The van der Waals surface area contributed by atoms with Crippen LogP contribution in [0.3, 0.4) is 0 Å². The van der Waals surface area contributed by atoms with Gasteiger partial charge < -0.3 is 10.8 Å². The third kappa shape index (κ3) is 3.07. The molecule has 0 amide bonds. The van der Waals surface area contributed by atoms with Crippen LogP contribution in [0.4, 0.5) is 5.69 Å². The summed E-state index contributed by atoms with van der Waals surface area (Å²) in [5.74, 6) is 0. The first-order chi connectivity index (χ1) is 9.75. The Labute approximate surface area is 126 Å². The van der Waals surface area contributed by atoms with E-state index < -0.39 is 16.1 Å². The van der Waals surface area contributed by atoms with Crippen LogP contribution >= 0.6 is 0 Å². The molecule has 0 heterocycles. The summed E-state index contributed by atoms with van der Waals surface area (Å²) in [6, 6.07) is 2.79. The van der Waals surface area contributed by atoms with Crippen molar-refractivity contribution in [3.05, 3.63) is 23.3 Å². The van der Waals surface area contributed by atoms with Crippen LogP contribution in [-0.2, 0) is 10.0 Å². The lowest BCUT2D eigenvalue weighted by Crippen LogP contribution is -2.46. The lowest BCUT2D eigenvalue weighted by atomic mass is 9.93. The third-order valence-corrected chi connectivity index (χ3v) is 6.38. The van der Waals surface area contributed by atoms with E-state index in [0.717, 1.165) is 24.0 Å². The van der Waals surface area contributed by atoms with Gasteiger partial charge in [0.15, 0.2) is 0 Å². The number of rotatable bonds is 3. The molecule has 1 aromatic rings. The number of likely N-dealkylation sites (N-methyl/N-ethyl adjacent to an activating group) is 1. The Hall–Kier alpha value is -1.11. The van der Waals surface area contributed by atoms with E-state index in [4.69, 9.17) is 5.73 Å². The summed E-state index contributed by atoms with van der Waals surface area (Å²) in [4.78, 5) is 0.198. The number of nitrogen functional groups attached to an aromatic ring is 1. The van der Waals surface area contributed by atoms with Crippen molar-refractivity contribution < 1.29 is 13.5 Å². The molecule has 118 valence electrons. The molecule has 0 spiro atoms. The lowest BCUT2D eigenvalue weighted by Gasteiger charge is -2.34. The van der Waals surface area contributed by atoms with E-state index in [1.165, 1.54) is 10.4 Å². The van der Waals surface area contributed by atoms with Crippen molar-refractivity contribution in [3.63, 3.8) is 0 Å². The van der Waals surface area contributed by atoms with Crippen molar-refractivity contribution >= 4 is 15.7 Å². The summed E-state index contributed by atoms with van der Waals surface area (Å²) in [7, 11) is -2.10. The lowest BCUT2D eigenvalue weighted by molar-refractivity contribution is 0.0638. The van der Waals surface area contributed by atoms with Gasteiger partial charge in [-0.1, -0.05) is 12.8 Å². The second-order valence-electron chi connectivity index (χ2n) is 5.89. The molecule has 5 nitrogen and oxygen atoms in total. The highest BCUT2D eigenvalue weighted by atomic mass is 32.2. The summed E-state index contributed by atoms with van der Waals surface area (Å²) < 4.78 is 26.8. The smallest absolute Gasteiger partial charge is 0.243 e. The molecule has 2 atom stereocenters. The Balaban J connectivity index is 2.37. The number of nitrogens with two attached hydrogens (primary N) is 1. The molecule has 2 rings (SSSR count). The number of aliphatic hydroxyl groups excluding tert-OH is 1. The molecule has 1 aromatic carbocycles. The van der Waals surface area contributed by atoms with Gasteiger partial charge in [-0.25, -0.2) is 8.42 Å². The molecule has 0 aliphatic heterocycles. The SMILES string of the molecule is Cc1cc(S(=O)(=O)N(C)C2CCCCC2O)cc(N)c1C. The van der Waals surface area contributed by atoms with Crippen LogP contribution in [0.1, 0.15) is 36.8 Å². The molecule has 1 aliphatic carbocycles. The zero-order valence-electron chi connectivity index (χ0n) is 12.8. The number of hydrogen-bond donors (Lipinski definition) is 2. The molecule has 0 saturated heterocycles. The Morgan fingerprint density at radius 3 is 2.43 bits per heavy atom. The third-order valence-electron chi connectivity index (χ3n) is 4.52. The van der Waals surface area contributed by atoms with E-state index in [0.29, 0.717) is 18.5 Å². The average molecular weight is 312 g/mol. The fraction of sp³-hybridized carbons (Fsp3) is 0.600. The van der Waals surface area contributed by atoms with Crippen LogP contribution in [0.25, 0.3) is 0 Å². The highest BCUT2D eigenvalue weighted by molar-refractivity contribution is 7.89. The van der Waals surface area contributed by atoms with Crippen LogP contribution in [-0.4, -0.2) is 37.0 Å². The average Bonchev–Trinajstić information content (AvgIpc) is 2.44. The van der Waals surface area contributed by atoms with Crippen LogP contribution in [0.15, 0.2) is 17.0 Å². The van der Waals surface area contributed by atoms with Gasteiger partial charge in [0.05, 0.1) is 17.0 Å². The summed E-state index contributed by atoms with van der Waals surface area (Å²) in [6.45, 7) is 3.72. The van der Waals surface area contributed by atoms with Gasteiger partial charge in [0.1, 0.15) is 0 Å². The molecule has 21 heavy (non-hydrogen) atoms. The van der Waals surface area contributed by atoms with Gasteiger partial charge in [-0.05, 0) is 49.9 Å². The molecule has 0 aromatic heterocycles. The van der Waals surface area contributed by atoms with Crippen molar-refractivity contribution in [3.8, 4) is 0 Å². The monoisotopic (exact) mass is 312 g/mol. The minimum absolute atomic E-state index is 0.198. The van der Waals surface area contributed by atoms with Crippen molar-refractivity contribution in [2.45, 2.75) is 56.6 Å². The Morgan fingerprint density at radius 1 is 1.24 bits per heavy atom. The predicted octanol–water partition coefficient (Wildman–Crippen LogP) is 1.81. The van der Waals surface area contributed by atoms with E-state index in [9.17, 15) is 13.5 Å². The number of aryl methyl sites for hydroxylation is 1. The number of sulfonamides is 1. The zero-order valence-corrected chi connectivity index (χ0v) is 13.7. The molecule has 3 N–H and O–H groups in total. The molecule has 1 aliphatic rings. The molecular weight excluding hydrogens is 288 g/mol. The highest BCUT2D eigenvalue weighted by Gasteiger charge is 2.34. The minimum Gasteiger partial charge on any atom is -0.398 e. The maximum Gasteiger partial charge on any atom is 0.243 e. The van der Waals surface area contributed by atoms with Crippen LogP contribution in [0.2, 0.25) is 0 Å². The van der Waals surface area contributed by atoms with Crippen LogP contribution in [0, 0.1) is 13.8 Å². The first kappa shape index (κ1) is 16.3. The van der Waals surface area contributed by atoms with Crippen molar-refractivity contribution in [1.29, 1.82) is 0 Å². The van der Waals surface area contributed by atoms with Crippen molar-refractivity contribution in [1.82, 2.24) is 4.31 Å². The molecule has 0 bridgehead atoms. The Morgan fingerprint density at radius 2 is 1.86 bits per heavy atom. The fourth-order valence-corrected chi connectivity index (χ4v) is 4.40. The van der Waals surface area contributed by atoms with E-state index in [1.807, 2.05) is 13.8 Å². The molecule has 1 saturated carbocycles. The summed E-state index contributed by atoms with van der Waals surface area (Å²) >= 11 is 0. The van der Waals surface area contributed by atoms with E-state index >= 15 is 0 Å². The normalized spacial score (nSPS) is 23.5. The van der Waals surface area contributed by atoms with Gasteiger partial charge >= 0.3 is 0 Å². The molecule has 0 radical (unpaired) electrons. The standard InChI is InChI=1S/C15H24N2O3S/c1-10-8-12(9-13(16)11(10)2)21(19,20)17(3)14-6-4-5-7-15(14)18/h8-9,14-15,18H,4-7,16H2,1-3H3. The first-order valence-corrected chi connectivity index (χ1v) is 8.72. The van der Waals surface area contributed by atoms with Gasteiger partial charge in [-0.3, -0.25) is 0 Å². The Kier molecular flexibility index (Phi) is 4.60. The van der Waals surface area contributed by atoms with Gasteiger partial charge in [0.25, 0.3) is 0 Å². The topological polar surface area (TPSA) is 83.6 Å². The van der Waals surface area contributed by atoms with Gasteiger partial charge in [-0.2, -0.15) is 4.31 Å². The number of anilines is 1. The van der Waals surface area contributed by atoms with E-state index in [-0.39, 0.29) is 10.9 Å². The van der Waals surface area contributed by atoms with E-state index in [1.54, 1.807) is 13.1 Å². The summed E-state index contributed by atoms with van der Waals surface area (Å²) in [5.41, 5.74) is 8.12. The fourth-order valence-electron chi connectivity index (χ4n) is 2.86. The summed E-state index contributed by atoms with van der Waals surface area (Å²) in [5, 5.41) is 10.1. The van der Waals surface area contributed by atoms with E-state index in [2.05, 4.69) is 0 Å². The van der Waals surface area contributed by atoms with Gasteiger partial charge in [0.2, 0.25) is 10.0 Å².